The number of rotatable bonds is 3. The van der Waals surface area contributed by atoms with Crippen molar-refractivity contribution in [1.82, 2.24) is 24.8 Å². The van der Waals surface area contributed by atoms with Crippen molar-refractivity contribution in [3.63, 3.8) is 0 Å². The third kappa shape index (κ3) is 3.55. The molecule has 36 heavy (non-hydrogen) atoms. The Bertz CT molecular complexity index is 1750. The van der Waals surface area contributed by atoms with Crippen molar-refractivity contribution in [2.75, 3.05) is 13.1 Å². The van der Waals surface area contributed by atoms with Crippen LogP contribution < -0.4 is 5.32 Å². The van der Waals surface area contributed by atoms with Crippen LogP contribution in [0.1, 0.15) is 18.9 Å². The molecule has 176 valence electrons. The maximum atomic E-state index is 6.80. The maximum Gasteiger partial charge on any atom is 0.161 e. The fourth-order valence-corrected chi connectivity index (χ4v) is 5.66. The Balaban J connectivity index is 1.49. The molecule has 0 bridgehead atoms. The van der Waals surface area contributed by atoms with Crippen molar-refractivity contribution in [3.05, 3.63) is 90.2 Å². The van der Waals surface area contributed by atoms with Gasteiger partial charge in [-0.3, -0.25) is 0 Å². The van der Waals surface area contributed by atoms with E-state index in [1.807, 2.05) is 24.4 Å². The lowest BCUT2D eigenvalue weighted by molar-refractivity contribution is 0.376. The van der Waals surface area contributed by atoms with E-state index in [1.54, 1.807) is 0 Å². The Labute approximate surface area is 213 Å². The topological polar surface area (TPSA) is 55.6 Å². The van der Waals surface area contributed by atoms with Gasteiger partial charge in [0.1, 0.15) is 16.5 Å². The second-order valence-electron chi connectivity index (χ2n) is 9.40. The van der Waals surface area contributed by atoms with Gasteiger partial charge in [0.05, 0.1) is 11.1 Å². The van der Waals surface area contributed by atoms with Crippen LogP contribution in [0, 0.1) is 0 Å². The van der Waals surface area contributed by atoms with Gasteiger partial charge >= 0.3 is 0 Å². The van der Waals surface area contributed by atoms with Gasteiger partial charge in [0.2, 0.25) is 0 Å². The molecule has 6 aromatic rings. The average Bonchev–Trinajstić information content (AvgIpc) is 3.32. The van der Waals surface area contributed by atoms with Crippen LogP contribution in [0.3, 0.4) is 0 Å². The van der Waals surface area contributed by atoms with E-state index in [2.05, 4.69) is 70.5 Å². The van der Waals surface area contributed by atoms with Crippen LogP contribution >= 0.6 is 11.6 Å². The fourth-order valence-electron chi connectivity index (χ4n) is 5.43. The second kappa shape index (κ2) is 8.70. The summed E-state index contributed by atoms with van der Waals surface area (Å²) in [7, 11) is 0. The first-order valence-electron chi connectivity index (χ1n) is 12.4. The number of halogens is 1. The summed E-state index contributed by atoms with van der Waals surface area (Å²) in [6, 6.07) is 27.5. The lowest BCUT2D eigenvalue weighted by Crippen LogP contribution is -2.29. The van der Waals surface area contributed by atoms with Crippen LogP contribution in [0.25, 0.3) is 55.4 Å². The number of aromatic nitrogens is 4. The molecule has 0 atom stereocenters. The number of hydrogen-bond acceptors (Lipinski definition) is 4. The minimum absolute atomic E-state index is 0.285. The van der Waals surface area contributed by atoms with Crippen LogP contribution in [0.4, 0.5) is 0 Å². The number of nitrogens with one attached hydrogen (secondary N) is 1. The van der Waals surface area contributed by atoms with Gasteiger partial charge in [0, 0.05) is 23.2 Å². The van der Waals surface area contributed by atoms with Gasteiger partial charge in [-0.25, -0.2) is 15.0 Å². The van der Waals surface area contributed by atoms with Gasteiger partial charge in [0.15, 0.2) is 5.65 Å². The molecule has 0 spiro atoms. The number of imidazole rings is 1. The number of piperidine rings is 1. The van der Waals surface area contributed by atoms with Crippen molar-refractivity contribution in [2.24, 2.45) is 0 Å². The quantitative estimate of drug-likeness (QED) is 0.271. The summed E-state index contributed by atoms with van der Waals surface area (Å²) in [5.74, 6) is 0.834. The molecule has 0 radical (unpaired) electrons. The van der Waals surface area contributed by atoms with E-state index in [-0.39, 0.29) is 6.04 Å². The van der Waals surface area contributed by atoms with E-state index in [4.69, 9.17) is 26.6 Å². The summed E-state index contributed by atoms with van der Waals surface area (Å²) in [5, 5.41) is 7.42. The molecule has 1 N–H and O–H groups in total. The monoisotopic (exact) mass is 489 g/mol. The molecule has 4 heterocycles. The standard InChI is InChI=1S/C30H24ClN5/c31-28-25(18-22-7-3-4-8-26(22)34-28)29-35-27-24(21-10-9-19-5-1-2-6-20(19)17-21)13-16-33-30(27)36(29)23-11-14-32-15-12-23/h1-10,13,16-18,23,32H,11-12,14-15H2. The molecule has 6 heteroatoms. The molecule has 1 aliphatic heterocycles. The van der Waals surface area contributed by atoms with Gasteiger partial charge in [-0.15, -0.1) is 0 Å². The van der Waals surface area contributed by atoms with Crippen LogP contribution in [-0.2, 0) is 0 Å². The number of benzene rings is 3. The van der Waals surface area contributed by atoms with Crippen molar-refractivity contribution in [3.8, 4) is 22.5 Å². The lowest BCUT2D eigenvalue weighted by Gasteiger charge is -2.26. The average molecular weight is 490 g/mol. The molecule has 1 aliphatic rings. The predicted molar refractivity (Wildman–Crippen MR) is 147 cm³/mol. The van der Waals surface area contributed by atoms with Crippen molar-refractivity contribution in [1.29, 1.82) is 0 Å². The highest BCUT2D eigenvalue weighted by Gasteiger charge is 2.26. The molecule has 0 amide bonds. The Hall–Kier alpha value is -3.80. The number of hydrogen-bond donors (Lipinski definition) is 1. The largest absolute Gasteiger partial charge is 0.317 e. The highest BCUT2D eigenvalue weighted by molar-refractivity contribution is 6.32. The highest BCUT2D eigenvalue weighted by atomic mass is 35.5. The summed E-state index contributed by atoms with van der Waals surface area (Å²) in [4.78, 5) is 14.8. The number of pyridine rings is 2. The molecule has 3 aromatic carbocycles. The van der Waals surface area contributed by atoms with Crippen LogP contribution in [0.2, 0.25) is 5.15 Å². The summed E-state index contributed by atoms with van der Waals surface area (Å²) >= 11 is 6.80. The summed E-state index contributed by atoms with van der Waals surface area (Å²) in [5.41, 5.74) is 5.72. The Morgan fingerprint density at radius 2 is 1.56 bits per heavy atom. The van der Waals surface area contributed by atoms with E-state index in [0.29, 0.717) is 5.15 Å². The minimum atomic E-state index is 0.285. The zero-order chi connectivity index (χ0) is 24.1. The molecule has 0 aliphatic carbocycles. The Morgan fingerprint density at radius 1 is 0.778 bits per heavy atom. The van der Waals surface area contributed by atoms with E-state index >= 15 is 0 Å². The molecule has 3 aromatic heterocycles. The molecular formula is C30H24ClN5. The van der Waals surface area contributed by atoms with Gasteiger partial charge < -0.3 is 9.88 Å². The highest BCUT2D eigenvalue weighted by Crippen LogP contribution is 2.38. The molecule has 1 saturated heterocycles. The SMILES string of the molecule is Clc1nc2ccccc2cc1-c1nc2c(-c3ccc4ccccc4c3)ccnc2n1C1CCNCC1. The Morgan fingerprint density at radius 3 is 2.42 bits per heavy atom. The number of para-hydroxylation sites is 1. The van der Waals surface area contributed by atoms with Crippen molar-refractivity contribution >= 4 is 44.4 Å². The first-order valence-corrected chi connectivity index (χ1v) is 12.8. The zero-order valence-electron chi connectivity index (χ0n) is 19.7. The fraction of sp³-hybridized carbons (Fsp3) is 0.167. The van der Waals surface area contributed by atoms with Gasteiger partial charge in [-0.1, -0.05) is 66.2 Å². The molecule has 5 nitrogen and oxygen atoms in total. The summed E-state index contributed by atoms with van der Waals surface area (Å²) in [6.07, 6.45) is 3.92. The molecule has 0 saturated carbocycles. The second-order valence-corrected chi connectivity index (χ2v) is 9.76. The normalized spacial score (nSPS) is 14.7. The predicted octanol–water partition coefficient (Wildman–Crippen LogP) is 7.04. The van der Waals surface area contributed by atoms with Crippen LogP contribution in [0.5, 0.6) is 0 Å². The minimum Gasteiger partial charge on any atom is -0.317 e. The molecular weight excluding hydrogens is 466 g/mol. The number of nitrogens with zero attached hydrogens (tertiary/aromatic N) is 4. The zero-order valence-corrected chi connectivity index (χ0v) is 20.4. The summed E-state index contributed by atoms with van der Waals surface area (Å²) in [6.45, 7) is 1.94. The van der Waals surface area contributed by atoms with Gasteiger partial charge in [0.25, 0.3) is 0 Å². The van der Waals surface area contributed by atoms with Gasteiger partial charge in [-0.2, -0.15) is 0 Å². The first-order chi connectivity index (χ1) is 17.8. The molecule has 7 rings (SSSR count). The van der Waals surface area contributed by atoms with Crippen LogP contribution in [0.15, 0.2) is 85.1 Å². The maximum absolute atomic E-state index is 6.80. The third-order valence-corrected chi connectivity index (χ3v) is 7.52. The molecule has 0 unspecified atom stereocenters. The van der Waals surface area contributed by atoms with E-state index in [9.17, 15) is 0 Å². The van der Waals surface area contributed by atoms with Gasteiger partial charge in [-0.05, 0) is 66.5 Å². The lowest BCUT2D eigenvalue weighted by atomic mass is 10.0. The van der Waals surface area contributed by atoms with Crippen LogP contribution in [-0.4, -0.2) is 32.6 Å². The number of fused-ring (bicyclic) bond motifs is 3. The third-order valence-electron chi connectivity index (χ3n) is 7.23. The van der Waals surface area contributed by atoms with E-state index < -0.39 is 0 Å². The van der Waals surface area contributed by atoms with Crippen molar-refractivity contribution in [2.45, 2.75) is 18.9 Å². The molecule has 1 fully saturated rings. The van der Waals surface area contributed by atoms with E-state index in [0.717, 1.165) is 70.5 Å². The summed E-state index contributed by atoms with van der Waals surface area (Å²) < 4.78 is 2.30. The smallest absolute Gasteiger partial charge is 0.161 e. The van der Waals surface area contributed by atoms with Crippen molar-refractivity contribution < 1.29 is 0 Å². The first kappa shape index (κ1) is 21.5. The van der Waals surface area contributed by atoms with E-state index in [1.165, 1.54) is 10.8 Å². The Kier molecular flexibility index (Phi) is 5.19.